The second-order valence-corrected chi connectivity index (χ2v) is 12.8. The lowest BCUT2D eigenvalue weighted by atomic mass is 10.0. The van der Waals surface area contributed by atoms with Crippen LogP contribution in [0.4, 0.5) is 10.1 Å². The lowest BCUT2D eigenvalue weighted by molar-refractivity contribution is -0.140. The van der Waals surface area contributed by atoms with Crippen molar-refractivity contribution >= 4 is 27.7 Å². The Kier molecular flexibility index (Phi) is 11.2. The summed E-state index contributed by atoms with van der Waals surface area (Å²) in [4.78, 5) is 29.5. The van der Waals surface area contributed by atoms with E-state index in [0.717, 1.165) is 19.7 Å². The van der Waals surface area contributed by atoms with E-state index in [1.165, 1.54) is 31.1 Å². The van der Waals surface area contributed by atoms with Gasteiger partial charge in [-0.1, -0.05) is 61.5 Å². The molecule has 2 unspecified atom stereocenters. The number of carbonyl (C=O) groups is 2. The van der Waals surface area contributed by atoms with E-state index in [1.54, 1.807) is 31.2 Å². The van der Waals surface area contributed by atoms with Crippen molar-refractivity contribution < 1.29 is 22.4 Å². The maximum atomic E-state index is 14.3. The molecule has 226 valence electrons. The Morgan fingerprint density at radius 2 is 1.57 bits per heavy atom. The van der Waals surface area contributed by atoms with Crippen LogP contribution in [0.5, 0.6) is 0 Å². The van der Waals surface area contributed by atoms with Gasteiger partial charge in [0.25, 0.3) is 0 Å². The highest BCUT2D eigenvalue weighted by molar-refractivity contribution is 7.90. The van der Waals surface area contributed by atoms with E-state index in [9.17, 15) is 22.4 Å². The summed E-state index contributed by atoms with van der Waals surface area (Å²) in [5.74, 6) is -1.34. The van der Waals surface area contributed by atoms with E-state index in [-0.39, 0.29) is 24.9 Å². The smallest absolute Gasteiger partial charge is 0.304 e. The fourth-order valence-electron chi connectivity index (χ4n) is 4.47. The first-order chi connectivity index (χ1) is 19.8. The van der Waals surface area contributed by atoms with Crippen LogP contribution in [0.2, 0.25) is 0 Å². The van der Waals surface area contributed by atoms with Gasteiger partial charge < -0.3 is 10.2 Å². The van der Waals surface area contributed by atoms with Gasteiger partial charge in [0.2, 0.25) is 11.8 Å². The molecular formula is C32H41FN4O4S. The van der Waals surface area contributed by atoms with Gasteiger partial charge in [0.1, 0.15) is 18.4 Å². The van der Waals surface area contributed by atoms with Crippen LogP contribution < -0.4 is 9.62 Å². The molecule has 0 bridgehead atoms. The molecule has 0 aromatic heterocycles. The van der Waals surface area contributed by atoms with Gasteiger partial charge in [-0.15, -0.1) is 0 Å². The quantitative estimate of drug-likeness (QED) is 0.312. The summed E-state index contributed by atoms with van der Waals surface area (Å²) in [6, 6.07) is 19.4. The number of aryl methyl sites for hydroxylation is 2. The van der Waals surface area contributed by atoms with Gasteiger partial charge in [0.05, 0.1) is 5.69 Å². The molecule has 0 radical (unpaired) electrons. The fraction of sp³-hybridized carbons (Fsp3) is 0.375. The van der Waals surface area contributed by atoms with Crippen molar-refractivity contribution in [2.24, 2.45) is 0 Å². The van der Waals surface area contributed by atoms with Gasteiger partial charge in [-0.3, -0.25) is 9.59 Å². The number of nitrogens with zero attached hydrogens (tertiary/aromatic N) is 3. The van der Waals surface area contributed by atoms with Crippen LogP contribution in [-0.4, -0.2) is 62.2 Å². The number of hydrogen-bond acceptors (Lipinski definition) is 4. The Morgan fingerprint density at radius 1 is 0.929 bits per heavy atom. The molecule has 0 aliphatic heterocycles. The van der Waals surface area contributed by atoms with Crippen molar-refractivity contribution in [3.63, 3.8) is 0 Å². The van der Waals surface area contributed by atoms with Crippen LogP contribution in [0, 0.1) is 19.7 Å². The predicted molar refractivity (Wildman–Crippen MR) is 165 cm³/mol. The molecule has 3 rings (SSSR count). The van der Waals surface area contributed by atoms with E-state index in [2.05, 4.69) is 5.32 Å². The number of benzene rings is 3. The number of rotatable bonds is 13. The SMILES string of the molecule is CCC(C)NC(=O)C(Cc1ccccc1)N(Cc1ccc(F)cc1)C(=O)CN(c1cc(C)ccc1C)S(=O)(=O)N(C)C. The highest BCUT2D eigenvalue weighted by atomic mass is 32.2. The number of halogens is 1. The molecule has 42 heavy (non-hydrogen) atoms. The summed E-state index contributed by atoms with van der Waals surface area (Å²) in [6.07, 6.45) is 0.900. The zero-order valence-corrected chi connectivity index (χ0v) is 26.0. The topological polar surface area (TPSA) is 90.0 Å². The summed E-state index contributed by atoms with van der Waals surface area (Å²) in [5, 5.41) is 3.00. The number of amides is 2. The van der Waals surface area contributed by atoms with Crippen molar-refractivity contribution in [1.82, 2.24) is 14.5 Å². The monoisotopic (exact) mass is 596 g/mol. The summed E-state index contributed by atoms with van der Waals surface area (Å²) >= 11 is 0. The molecule has 2 atom stereocenters. The third-order valence-corrected chi connectivity index (χ3v) is 9.00. The predicted octanol–water partition coefficient (Wildman–Crippen LogP) is 4.61. The van der Waals surface area contributed by atoms with Crippen molar-refractivity contribution in [2.45, 2.75) is 59.2 Å². The third-order valence-electron chi connectivity index (χ3n) is 7.19. The largest absolute Gasteiger partial charge is 0.352 e. The highest BCUT2D eigenvalue weighted by Gasteiger charge is 2.35. The molecule has 10 heteroatoms. The molecule has 0 fully saturated rings. The molecule has 3 aromatic carbocycles. The molecule has 0 spiro atoms. The molecule has 0 aliphatic carbocycles. The molecule has 2 amide bonds. The second kappa shape index (κ2) is 14.4. The molecule has 1 N–H and O–H groups in total. The zero-order valence-electron chi connectivity index (χ0n) is 25.2. The molecule has 8 nitrogen and oxygen atoms in total. The average molecular weight is 597 g/mol. The second-order valence-electron chi connectivity index (χ2n) is 10.8. The number of nitrogens with one attached hydrogen (secondary N) is 1. The van der Waals surface area contributed by atoms with Crippen LogP contribution in [0.25, 0.3) is 0 Å². The van der Waals surface area contributed by atoms with Crippen LogP contribution in [-0.2, 0) is 32.8 Å². The normalized spacial score (nSPS) is 13.0. The minimum atomic E-state index is -4.10. The first kappa shape index (κ1) is 32.8. The Bertz CT molecular complexity index is 1460. The Balaban J connectivity index is 2.13. The maximum Gasteiger partial charge on any atom is 0.304 e. The van der Waals surface area contributed by atoms with Gasteiger partial charge in [0, 0.05) is 33.1 Å². The van der Waals surface area contributed by atoms with Gasteiger partial charge in [-0.25, -0.2) is 8.70 Å². The number of carbonyl (C=O) groups excluding carboxylic acids is 2. The van der Waals surface area contributed by atoms with E-state index in [4.69, 9.17) is 0 Å². The first-order valence-electron chi connectivity index (χ1n) is 14.0. The van der Waals surface area contributed by atoms with Gasteiger partial charge in [-0.2, -0.15) is 12.7 Å². The molecule has 0 heterocycles. The van der Waals surface area contributed by atoms with Crippen molar-refractivity contribution in [3.8, 4) is 0 Å². The van der Waals surface area contributed by atoms with Gasteiger partial charge in [-0.05, 0) is 67.6 Å². The molecule has 0 saturated heterocycles. The lowest BCUT2D eigenvalue weighted by Crippen LogP contribution is -2.55. The van der Waals surface area contributed by atoms with Crippen LogP contribution in [0.15, 0.2) is 72.8 Å². The molecular weight excluding hydrogens is 555 g/mol. The highest BCUT2D eigenvalue weighted by Crippen LogP contribution is 2.26. The van der Waals surface area contributed by atoms with E-state index in [0.29, 0.717) is 23.2 Å². The fourth-order valence-corrected chi connectivity index (χ4v) is 5.58. The number of hydrogen-bond donors (Lipinski definition) is 1. The van der Waals surface area contributed by atoms with Crippen LogP contribution in [0.3, 0.4) is 0 Å². The standard InChI is InChI=1S/C32H41FN4O4S/c1-7-25(4)34-32(39)30(20-26-11-9-8-10-12-26)36(21-27-15-17-28(33)18-16-27)31(38)22-37(42(40,41)35(5)6)29-19-23(2)13-14-24(29)3/h8-19,25,30H,7,20-22H2,1-6H3,(H,34,39). The van der Waals surface area contributed by atoms with Crippen LogP contribution >= 0.6 is 0 Å². The minimum absolute atomic E-state index is 0.0206. The first-order valence-corrected chi connectivity index (χ1v) is 15.4. The van der Waals surface area contributed by atoms with Gasteiger partial charge in [0.15, 0.2) is 0 Å². The van der Waals surface area contributed by atoms with E-state index < -0.39 is 34.5 Å². The lowest BCUT2D eigenvalue weighted by Gasteiger charge is -2.35. The maximum absolute atomic E-state index is 14.3. The third kappa shape index (κ3) is 8.39. The molecule has 0 aliphatic rings. The Hall–Kier alpha value is -3.76. The average Bonchev–Trinajstić information content (AvgIpc) is 2.96. The summed E-state index contributed by atoms with van der Waals surface area (Å²) in [7, 11) is -1.28. The summed E-state index contributed by atoms with van der Waals surface area (Å²) in [6.45, 7) is 6.91. The Morgan fingerprint density at radius 3 is 2.17 bits per heavy atom. The molecule has 3 aromatic rings. The minimum Gasteiger partial charge on any atom is -0.352 e. The van der Waals surface area contributed by atoms with Crippen molar-refractivity contribution in [3.05, 3.63) is 101 Å². The Labute approximate surface area is 249 Å². The van der Waals surface area contributed by atoms with Gasteiger partial charge >= 0.3 is 10.2 Å². The molecule has 0 saturated carbocycles. The zero-order chi connectivity index (χ0) is 31.0. The van der Waals surface area contributed by atoms with Crippen molar-refractivity contribution in [1.29, 1.82) is 0 Å². The summed E-state index contributed by atoms with van der Waals surface area (Å²) < 4.78 is 43.1. The van der Waals surface area contributed by atoms with Crippen molar-refractivity contribution in [2.75, 3.05) is 24.9 Å². The van der Waals surface area contributed by atoms with Crippen LogP contribution in [0.1, 0.15) is 42.5 Å². The summed E-state index contributed by atoms with van der Waals surface area (Å²) in [5.41, 5.74) is 3.33. The van der Waals surface area contributed by atoms with E-state index in [1.807, 2.05) is 57.2 Å². The van der Waals surface area contributed by atoms with E-state index >= 15 is 0 Å². The number of anilines is 1.